The zero-order valence-electron chi connectivity index (χ0n) is 19.0. The molecule has 3 aromatic rings. The molecule has 0 saturated heterocycles. The Morgan fingerprint density at radius 1 is 1.29 bits per heavy atom. The molecule has 184 valence electrons. The summed E-state index contributed by atoms with van der Waals surface area (Å²) >= 11 is 1.58. The van der Waals surface area contributed by atoms with Crippen LogP contribution in [0.5, 0.6) is 0 Å². The Kier molecular flexibility index (Phi) is 6.77. The van der Waals surface area contributed by atoms with E-state index in [-0.39, 0.29) is 18.9 Å². The largest absolute Gasteiger partial charge is 0.453 e. The second-order valence-electron chi connectivity index (χ2n) is 7.88. The third-order valence-electron chi connectivity index (χ3n) is 5.46. The molecule has 1 N–H and O–H groups in total. The SMILES string of the molecule is CCCc1cc2c(N3CCn4c(nnc4C(F)(F)F)C3)nc(N(C)CCNC(=O)OC)nc2s1. The van der Waals surface area contributed by atoms with E-state index in [1.165, 1.54) is 12.0 Å². The van der Waals surface area contributed by atoms with E-state index in [1.54, 1.807) is 11.3 Å². The lowest BCUT2D eigenvalue weighted by molar-refractivity contribution is -0.147. The van der Waals surface area contributed by atoms with Crippen LogP contribution in [0.15, 0.2) is 6.07 Å². The number of hydrogen-bond donors (Lipinski definition) is 1. The number of likely N-dealkylation sites (N-methyl/N-ethyl adjacent to an activating group) is 1. The van der Waals surface area contributed by atoms with Gasteiger partial charge in [0.2, 0.25) is 11.8 Å². The number of nitrogens with zero attached hydrogens (tertiary/aromatic N) is 7. The smallest absolute Gasteiger partial charge is 0.451 e. The maximum Gasteiger partial charge on any atom is 0.451 e. The number of hydrogen-bond acceptors (Lipinski definition) is 9. The van der Waals surface area contributed by atoms with Crippen LogP contribution in [0.2, 0.25) is 0 Å². The fraction of sp³-hybridized carbons (Fsp3) is 0.550. The quantitative estimate of drug-likeness (QED) is 0.531. The first kappa shape index (κ1) is 24.0. The number of rotatable bonds is 7. The maximum absolute atomic E-state index is 13.2. The average molecular weight is 499 g/mol. The van der Waals surface area contributed by atoms with Crippen molar-refractivity contribution in [2.24, 2.45) is 0 Å². The molecule has 0 aromatic carbocycles. The second-order valence-corrected chi connectivity index (χ2v) is 8.99. The van der Waals surface area contributed by atoms with Crippen molar-refractivity contribution in [3.8, 4) is 0 Å². The van der Waals surface area contributed by atoms with Crippen molar-refractivity contribution in [2.45, 2.75) is 39.0 Å². The Labute approximate surface area is 197 Å². The van der Waals surface area contributed by atoms with E-state index in [1.807, 2.05) is 16.8 Å². The number of amides is 1. The summed E-state index contributed by atoms with van der Waals surface area (Å²) in [4.78, 5) is 26.5. The van der Waals surface area contributed by atoms with Crippen LogP contribution < -0.4 is 15.1 Å². The van der Waals surface area contributed by atoms with Crippen LogP contribution in [-0.4, -0.2) is 64.6 Å². The molecule has 0 radical (unpaired) electrons. The number of fused-ring (bicyclic) bond motifs is 2. The number of methoxy groups -OCH3 is 1. The van der Waals surface area contributed by atoms with Crippen LogP contribution >= 0.6 is 11.3 Å². The Morgan fingerprint density at radius 2 is 2.09 bits per heavy atom. The summed E-state index contributed by atoms with van der Waals surface area (Å²) < 4.78 is 45.4. The summed E-state index contributed by atoms with van der Waals surface area (Å²) in [6, 6.07) is 2.06. The lowest BCUT2D eigenvalue weighted by Crippen LogP contribution is -2.37. The van der Waals surface area contributed by atoms with Crippen molar-refractivity contribution in [3.63, 3.8) is 0 Å². The fourth-order valence-corrected chi connectivity index (χ4v) is 4.89. The van der Waals surface area contributed by atoms with Gasteiger partial charge in [-0.25, -0.2) is 9.78 Å². The molecule has 10 nitrogen and oxygen atoms in total. The molecule has 14 heteroatoms. The number of nitrogens with one attached hydrogen (secondary N) is 1. The first-order chi connectivity index (χ1) is 16.2. The topological polar surface area (TPSA) is 101 Å². The van der Waals surface area contributed by atoms with Crippen molar-refractivity contribution >= 4 is 39.4 Å². The Bertz CT molecular complexity index is 1180. The molecular formula is C20H25F3N8O2S. The third-order valence-corrected chi connectivity index (χ3v) is 6.55. The van der Waals surface area contributed by atoms with E-state index >= 15 is 0 Å². The molecule has 4 heterocycles. The predicted molar refractivity (Wildman–Crippen MR) is 121 cm³/mol. The number of halogens is 3. The summed E-state index contributed by atoms with van der Waals surface area (Å²) in [5.74, 6) is 0.372. The highest BCUT2D eigenvalue weighted by molar-refractivity contribution is 7.18. The van der Waals surface area contributed by atoms with Gasteiger partial charge in [0.1, 0.15) is 10.6 Å². The predicted octanol–water partition coefficient (Wildman–Crippen LogP) is 3.07. The molecule has 4 rings (SSSR count). The summed E-state index contributed by atoms with van der Waals surface area (Å²) in [6.07, 6.45) is -3.19. The number of aromatic nitrogens is 5. The van der Waals surface area contributed by atoms with Crippen molar-refractivity contribution in [3.05, 3.63) is 22.6 Å². The van der Waals surface area contributed by atoms with E-state index < -0.39 is 18.1 Å². The Morgan fingerprint density at radius 3 is 2.79 bits per heavy atom. The van der Waals surface area contributed by atoms with Gasteiger partial charge >= 0.3 is 12.3 Å². The summed E-state index contributed by atoms with van der Waals surface area (Å²) in [5, 5.41) is 10.6. The van der Waals surface area contributed by atoms with Gasteiger partial charge in [-0.1, -0.05) is 13.3 Å². The van der Waals surface area contributed by atoms with Crippen molar-refractivity contribution < 1.29 is 22.7 Å². The minimum atomic E-state index is -4.55. The number of ether oxygens (including phenoxy) is 1. The molecule has 0 aliphatic carbocycles. The maximum atomic E-state index is 13.2. The van der Waals surface area contributed by atoms with Gasteiger partial charge in [0.05, 0.1) is 19.0 Å². The molecule has 1 aliphatic rings. The van der Waals surface area contributed by atoms with Crippen LogP contribution in [0.4, 0.5) is 29.7 Å². The van der Waals surface area contributed by atoms with Crippen LogP contribution in [0.3, 0.4) is 0 Å². The van der Waals surface area contributed by atoms with Crippen molar-refractivity contribution in [1.82, 2.24) is 30.0 Å². The molecule has 0 unspecified atom stereocenters. The van der Waals surface area contributed by atoms with E-state index in [0.717, 1.165) is 27.6 Å². The van der Waals surface area contributed by atoms with Gasteiger partial charge in [-0.2, -0.15) is 18.2 Å². The van der Waals surface area contributed by atoms with Crippen LogP contribution in [0.1, 0.15) is 29.9 Å². The average Bonchev–Trinajstić information content (AvgIpc) is 3.41. The number of thiophene rings is 1. The highest BCUT2D eigenvalue weighted by atomic mass is 32.1. The first-order valence-corrected chi connectivity index (χ1v) is 11.6. The minimum absolute atomic E-state index is 0.100. The van der Waals surface area contributed by atoms with Gasteiger partial charge in [0, 0.05) is 38.1 Å². The van der Waals surface area contributed by atoms with Gasteiger partial charge in [-0.15, -0.1) is 21.5 Å². The van der Waals surface area contributed by atoms with E-state index in [2.05, 4.69) is 33.2 Å². The van der Waals surface area contributed by atoms with Crippen LogP contribution in [-0.2, 0) is 30.4 Å². The lowest BCUT2D eigenvalue weighted by atomic mass is 10.2. The fourth-order valence-electron chi connectivity index (χ4n) is 3.77. The first-order valence-electron chi connectivity index (χ1n) is 10.8. The molecule has 0 fully saturated rings. The molecule has 34 heavy (non-hydrogen) atoms. The number of carbonyl (C=O) groups is 1. The van der Waals surface area contributed by atoms with Gasteiger partial charge in [0.25, 0.3) is 0 Å². The van der Waals surface area contributed by atoms with Crippen molar-refractivity contribution in [2.75, 3.05) is 43.6 Å². The monoisotopic (exact) mass is 498 g/mol. The summed E-state index contributed by atoms with van der Waals surface area (Å²) in [6.45, 7) is 3.45. The molecule has 0 bridgehead atoms. The Hall–Kier alpha value is -3.16. The molecule has 0 saturated carbocycles. The highest BCUT2D eigenvalue weighted by Crippen LogP contribution is 2.35. The normalized spacial score (nSPS) is 13.8. The van der Waals surface area contributed by atoms with Gasteiger partial charge < -0.3 is 24.4 Å². The molecule has 3 aromatic heterocycles. The molecule has 1 amide bonds. The standard InChI is InChI=1S/C20H25F3N8O2S/c1-4-5-12-10-13-15(30-8-9-31-14(11-30)27-28-17(31)20(21,22)23)25-18(26-16(13)34-12)29(2)7-6-24-19(32)33-3/h10H,4-9,11H2,1-3H3,(H,24,32). The van der Waals surface area contributed by atoms with E-state index in [4.69, 9.17) is 9.97 Å². The minimum Gasteiger partial charge on any atom is -0.453 e. The summed E-state index contributed by atoms with van der Waals surface area (Å²) in [5.41, 5.74) is 0. The molecular weight excluding hydrogens is 473 g/mol. The zero-order chi connectivity index (χ0) is 24.5. The van der Waals surface area contributed by atoms with Crippen molar-refractivity contribution in [1.29, 1.82) is 0 Å². The van der Waals surface area contributed by atoms with Gasteiger partial charge in [-0.3, -0.25) is 0 Å². The molecule has 0 atom stereocenters. The number of alkyl carbamates (subject to hydrolysis) is 1. The number of aryl methyl sites for hydroxylation is 1. The van der Waals surface area contributed by atoms with Gasteiger partial charge in [0.15, 0.2) is 5.82 Å². The van der Waals surface area contributed by atoms with Crippen LogP contribution in [0.25, 0.3) is 10.2 Å². The highest BCUT2D eigenvalue weighted by Gasteiger charge is 2.39. The van der Waals surface area contributed by atoms with E-state index in [0.29, 0.717) is 31.4 Å². The van der Waals surface area contributed by atoms with Gasteiger partial charge in [-0.05, 0) is 12.5 Å². The number of alkyl halides is 3. The number of anilines is 2. The molecule has 0 spiro atoms. The number of carbonyl (C=O) groups excluding carboxylic acids is 1. The van der Waals surface area contributed by atoms with Crippen LogP contribution in [0, 0.1) is 0 Å². The Balaban J connectivity index is 1.65. The van der Waals surface area contributed by atoms with E-state index in [9.17, 15) is 18.0 Å². The second kappa shape index (κ2) is 9.60. The third kappa shape index (κ3) is 4.86. The molecule has 1 aliphatic heterocycles. The zero-order valence-corrected chi connectivity index (χ0v) is 19.8. The lowest BCUT2D eigenvalue weighted by Gasteiger charge is -2.30. The summed E-state index contributed by atoms with van der Waals surface area (Å²) in [7, 11) is 3.11.